The summed E-state index contributed by atoms with van der Waals surface area (Å²) in [7, 11) is 0. The molecule has 0 aliphatic carbocycles. The second-order valence-corrected chi connectivity index (χ2v) is 6.74. The number of nitrogens with one attached hydrogen (secondary N) is 1. The van der Waals surface area contributed by atoms with Crippen LogP contribution in [-0.4, -0.2) is 19.1 Å². The van der Waals surface area contributed by atoms with E-state index in [1.165, 1.54) is 0 Å². The second kappa shape index (κ2) is 8.76. The van der Waals surface area contributed by atoms with Gasteiger partial charge < -0.3 is 14.8 Å². The van der Waals surface area contributed by atoms with Crippen molar-refractivity contribution in [2.24, 2.45) is 5.92 Å². The van der Waals surface area contributed by atoms with Crippen LogP contribution >= 0.6 is 22.6 Å². The Morgan fingerprint density at radius 2 is 1.78 bits per heavy atom. The zero-order valence-corrected chi connectivity index (χ0v) is 15.4. The number of anilines is 1. The molecule has 0 spiro atoms. The minimum absolute atomic E-state index is 0.0426. The fourth-order valence-electron chi connectivity index (χ4n) is 1.82. The molecule has 122 valence electrons. The summed E-state index contributed by atoms with van der Waals surface area (Å²) < 4.78 is 12.3. The maximum atomic E-state index is 12.0. The molecule has 0 aliphatic heterocycles. The van der Waals surface area contributed by atoms with E-state index in [-0.39, 0.29) is 12.5 Å². The van der Waals surface area contributed by atoms with Crippen molar-refractivity contribution in [3.8, 4) is 11.5 Å². The molecule has 1 amide bonds. The molecular formula is C18H20INO3. The highest BCUT2D eigenvalue weighted by Gasteiger charge is 2.09. The third kappa shape index (κ3) is 6.09. The van der Waals surface area contributed by atoms with Crippen LogP contribution in [0.5, 0.6) is 11.5 Å². The fraction of sp³-hybridized carbons (Fsp3) is 0.278. The van der Waals surface area contributed by atoms with E-state index in [0.29, 0.717) is 29.7 Å². The Balaban J connectivity index is 1.90. The summed E-state index contributed by atoms with van der Waals surface area (Å²) in [4.78, 5) is 12.0. The lowest BCUT2D eigenvalue weighted by Gasteiger charge is -2.14. The summed E-state index contributed by atoms with van der Waals surface area (Å²) in [6.07, 6.45) is 0. The molecule has 0 saturated carbocycles. The van der Waals surface area contributed by atoms with Gasteiger partial charge in [0.2, 0.25) is 0 Å². The van der Waals surface area contributed by atoms with Gasteiger partial charge in [0, 0.05) is 3.57 Å². The first kappa shape index (κ1) is 17.6. The smallest absolute Gasteiger partial charge is 0.262 e. The van der Waals surface area contributed by atoms with Crippen molar-refractivity contribution in [3.63, 3.8) is 0 Å². The average molecular weight is 425 g/mol. The maximum absolute atomic E-state index is 12.0. The number of ether oxygens (including phenoxy) is 2. The number of carbonyl (C=O) groups excluding carboxylic acids is 1. The number of amides is 1. The molecule has 2 rings (SSSR count). The minimum Gasteiger partial charge on any atom is -0.491 e. The van der Waals surface area contributed by atoms with Gasteiger partial charge in [0.25, 0.3) is 5.91 Å². The Kier molecular flexibility index (Phi) is 6.70. The van der Waals surface area contributed by atoms with E-state index in [4.69, 9.17) is 9.47 Å². The monoisotopic (exact) mass is 425 g/mol. The minimum atomic E-state index is -0.218. The predicted octanol–water partition coefficient (Wildman–Crippen LogP) is 4.34. The number of benzene rings is 2. The van der Waals surface area contributed by atoms with Gasteiger partial charge in [-0.1, -0.05) is 26.0 Å². The molecular weight excluding hydrogens is 405 g/mol. The van der Waals surface area contributed by atoms with Crippen molar-refractivity contribution in [2.75, 3.05) is 18.5 Å². The quantitative estimate of drug-likeness (QED) is 0.672. The van der Waals surface area contributed by atoms with Gasteiger partial charge in [-0.05, 0) is 64.9 Å². The molecule has 1 N–H and O–H groups in total. The molecule has 2 aromatic rings. The molecule has 0 bridgehead atoms. The molecule has 0 aromatic heterocycles. The number of rotatable bonds is 7. The van der Waals surface area contributed by atoms with E-state index < -0.39 is 0 Å². The number of hydrogen-bond donors (Lipinski definition) is 1. The number of halogens is 1. The molecule has 0 heterocycles. The molecule has 4 nitrogen and oxygen atoms in total. The Morgan fingerprint density at radius 3 is 2.48 bits per heavy atom. The Hall–Kier alpha value is -1.76. The summed E-state index contributed by atoms with van der Waals surface area (Å²) >= 11 is 2.22. The summed E-state index contributed by atoms with van der Waals surface area (Å²) in [6.45, 7) is 4.72. The van der Waals surface area contributed by atoms with Crippen molar-refractivity contribution >= 4 is 34.2 Å². The first-order chi connectivity index (χ1) is 11.0. The lowest BCUT2D eigenvalue weighted by molar-refractivity contribution is -0.118. The SMILES string of the molecule is CC(C)COc1ccccc1NC(=O)COc1ccc(I)cc1. The van der Waals surface area contributed by atoms with Crippen LogP contribution in [0.4, 0.5) is 5.69 Å². The van der Waals surface area contributed by atoms with E-state index in [1.54, 1.807) is 0 Å². The van der Waals surface area contributed by atoms with E-state index in [9.17, 15) is 4.79 Å². The molecule has 0 aliphatic rings. The highest BCUT2D eigenvalue weighted by molar-refractivity contribution is 14.1. The van der Waals surface area contributed by atoms with Crippen molar-refractivity contribution in [3.05, 3.63) is 52.1 Å². The van der Waals surface area contributed by atoms with Crippen molar-refractivity contribution in [1.29, 1.82) is 0 Å². The van der Waals surface area contributed by atoms with Crippen molar-refractivity contribution < 1.29 is 14.3 Å². The van der Waals surface area contributed by atoms with E-state index in [2.05, 4.69) is 41.8 Å². The average Bonchev–Trinajstić information content (AvgIpc) is 2.53. The third-order valence-electron chi connectivity index (χ3n) is 2.92. The highest BCUT2D eigenvalue weighted by Crippen LogP contribution is 2.24. The third-order valence-corrected chi connectivity index (χ3v) is 3.64. The summed E-state index contributed by atoms with van der Waals surface area (Å²) in [5, 5.41) is 2.83. The van der Waals surface area contributed by atoms with Gasteiger partial charge in [0.1, 0.15) is 11.5 Å². The van der Waals surface area contributed by atoms with Gasteiger partial charge >= 0.3 is 0 Å². The molecule has 0 saturated heterocycles. The van der Waals surface area contributed by atoms with Gasteiger partial charge in [-0.25, -0.2) is 0 Å². The van der Waals surface area contributed by atoms with Crippen LogP contribution in [-0.2, 0) is 4.79 Å². The molecule has 23 heavy (non-hydrogen) atoms. The Bertz CT molecular complexity index is 641. The fourth-order valence-corrected chi connectivity index (χ4v) is 2.18. The van der Waals surface area contributed by atoms with Crippen LogP contribution in [0.2, 0.25) is 0 Å². The Labute approximate surface area is 150 Å². The summed E-state index contributed by atoms with van der Waals surface area (Å²) in [6, 6.07) is 15.0. The van der Waals surface area contributed by atoms with Gasteiger partial charge in [-0.3, -0.25) is 4.79 Å². The number of hydrogen-bond acceptors (Lipinski definition) is 3. The summed E-state index contributed by atoms with van der Waals surface area (Å²) in [5.41, 5.74) is 0.657. The topological polar surface area (TPSA) is 47.6 Å². The Morgan fingerprint density at radius 1 is 1.09 bits per heavy atom. The van der Waals surface area contributed by atoms with E-state index >= 15 is 0 Å². The molecule has 0 unspecified atom stereocenters. The van der Waals surface area contributed by atoms with Crippen LogP contribution in [0.25, 0.3) is 0 Å². The predicted molar refractivity (Wildman–Crippen MR) is 100 cm³/mol. The standard InChI is InChI=1S/C18H20INO3/c1-13(2)11-23-17-6-4-3-5-16(17)20-18(21)12-22-15-9-7-14(19)8-10-15/h3-10,13H,11-12H2,1-2H3,(H,20,21). The van der Waals surface area contributed by atoms with Crippen molar-refractivity contribution in [1.82, 2.24) is 0 Å². The zero-order chi connectivity index (χ0) is 16.7. The largest absolute Gasteiger partial charge is 0.491 e. The van der Waals surface area contributed by atoms with Crippen LogP contribution in [0, 0.1) is 9.49 Å². The van der Waals surface area contributed by atoms with Gasteiger partial charge in [0.15, 0.2) is 6.61 Å². The normalized spacial score (nSPS) is 10.4. The van der Waals surface area contributed by atoms with Crippen LogP contribution in [0.1, 0.15) is 13.8 Å². The molecule has 0 atom stereocenters. The molecule has 0 radical (unpaired) electrons. The van der Waals surface area contributed by atoms with Gasteiger partial charge in [-0.15, -0.1) is 0 Å². The summed E-state index contributed by atoms with van der Waals surface area (Å²) in [5.74, 6) is 1.54. The van der Waals surface area contributed by atoms with Gasteiger partial charge in [0.05, 0.1) is 12.3 Å². The zero-order valence-electron chi connectivity index (χ0n) is 13.2. The first-order valence-corrected chi connectivity index (χ1v) is 8.52. The van der Waals surface area contributed by atoms with Crippen LogP contribution < -0.4 is 14.8 Å². The molecule has 0 fully saturated rings. The van der Waals surface area contributed by atoms with Crippen LogP contribution in [0.15, 0.2) is 48.5 Å². The van der Waals surface area contributed by atoms with E-state index in [1.807, 2.05) is 48.5 Å². The lowest BCUT2D eigenvalue weighted by atomic mass is 10.2. The van der Waals surface area contributed by atoms with E-state index in [0.717, 1.165) is 3.57 Å². The molecule has 5 heteroatoms. The second-order valence-electron chi connectivity index (χ2n) is 5.49. The highest BCUT2D eigenvalue weighted by atomic mass is 127. The van der Waals surface area contributed by atoms with Gasteiger partial charge in [-0.2, -0.15) is 0 Å². The molecule has 2 aromatic carbocycles. The number of carbonyl (C=O) groups is 1. The maximum Gasteiger partial charge on any atom is 0.262 e. The number of para-hydroxylation sites is 2. The first-order valence-electron chi connectivity index (χ1n) is 7.44. The lowest BCUT2D eigenvalue weighted by Crippen LogP contribution is -2.20. The van der Waals surface area contributed by atoms with Crippen molar-refractivity contribution in [2.45, 2.75) is 13.8 Å². The van der Waals surface area contributed by atoms with Crippen LogP contribution in [0.3, 0.4) is 0 Å².